The number of hydrogen-bond donors (Lipinski definition) is 0. The molecule has 3 rings (SSSR count). The maximum absolute atomic E-state index is 7.97. The molecule has 0 aliphatic heterocycles. The van der Waals surface area contributed by atoms with Gasteiger partial charge < -0.3 is 15.2 Å². The molecule has 0 saturated heterocycles. The van der Waals surface area contributed by atoms with E-state index in [1.807, 2.05) is 73.6 Å². The molecule has 5 nitrogen and oxygen atoms in total. The molecule has 0 aliphatic rings. The van der Waals surface area contributed by atoms with E-state index in [1.165, 1.54) is 0 Å². The molecule has 0 bridgehead atoms. The van der Waals surface area contributed by atoms with Crippen molar-refractivity contribution in [1.82, 2.24) is 5.27 Å². The van der Waals surface area contributed by atoms with E-state index in [-0.39, 0.29) is 5.88 Å². The molecule has 1 heterocycles. The fourth-order valence-electron chi connectivity index (χ4n) is 2.35. The Labute approximate surface area is 129 Å². The van der Waals surface area contributed by atoms with Crippen LogP contribution in [0.3, 0.4) is 0 Å². The molecular formula is C17H18N4O. The highest BCUT2D eigenvalue weighted by Gasteiger charge is 2.21. The maximum Gasteiger partial charge on any atom is 0.265 e. The fourth-order valence-corrected chi connectivity index (χ4v) is 2.35. The zero-order chi connectivity index (χ0) is 15.5. The van der Waals surface area contributed by atoms with Crippen LogP contribution in [0.25, 0.3) is 17.0 Å². The second kappa shape index (κ2) is 5.89. The number of aromatic nitrogens is 2. The lowest BCUT2D eigenvalue weighted by Crippen LogP contribution is -2.37. The first-order valence-electron chi connectivity index (χ1n) is 7.08. The Hall–Kier alpha value is -2.82. The Morgan fingerprint density at radius 2 is 1.73 bits per heavy atom. The number of nitrogens with one attached hydrogen (secondary N) is 1. The second-order valence-electron chi connectivity index (χ2n) is 5.34. The van der Waals surface area contributed by atoms with Gasteiger partial charge in [0.1, 0.15) is 5.88 Å². The second-order valence-corrected chi connectivity index (χ2v) is 5.34. The number of rotatable bonds is 4. The van der Waals surface area contributed by atoms with E-state index >= 15 is 0 Å². The smallest absolute Gasteiger partial charge is 0.265 e. The quantitative estimate of drug-likeness (QED) is 0.693. The molecule has 0 fully saturated rings. The Morgan fingerprint density at radius 3 is 2.36 bits per heavy atom. The van der Waals surface area contributed by atoms with Gasteiger partial charge in [0.05, 0.1) is 5.56 Å². The van der Waals surface area contributed by atoms with Gasteiger partial charge in [-0.3, -0.25) is 0 Å². The first-order valence-corrected chi connectivity index (χ1v) is 7.08. The molecular weight excluding hydrogens is 276 g/mol. The number of nitrogens with zero attached hydrogens (tertiary/aromatic N) is 3. The van der Waals surface area contributed by atoms with Gasteiger partial charge in [-0.15, -0.1) is 0 Å². The van der Waals surface area contributed by atoms with Gasteiger partial charge in [-0.25, -0.2) is 0 Å². The highest BCUT2D eigenvalue weighted by atomic mass is 16.5. The van der Waals surface area contributed by atoms with E-state index in [0.717, 1.165) is 16.8 Å². The normalized spacial score (nSPS) is 10.6. The minimum atomic E-state index is 0.0773. The molecule has 22 heavy (non-hydrogen) atoms. The molecule has 0 saturated carbocycles. The van der Waals surface area contributed by atoms with E-state index in [4.69, 9.17) is 10.3 Å². The van der Waals surface area contributed by atoms with Gasteiger partial charge in [0, 0.05) is 25.3 Å². The summed E-state index contributed by atoms with van der Waals surface area (Å²) in [5.74, 6) is 0.0773. The highest BCUT2D eigenvalue weighted by molar-refractivity contribution is 5.68. The Bertz CT molecular complexity index is 748. The number of anilines is 1. The lowest BCUT2D eigenvalue weighted by molar-refractivity contribution is -0.745. The van der Waals surface area contributed by atoms with Gasteiger partial charge in [-0.1, -0.05) is 30.3 Å². The van der Waals surface area contributed by atoms with Gasteiger partial charge in [0.15, 0.2) is 5.27 Å². The van der Waals surface area contributed by atoms with Crippen LogP contribution in [-0.4, -0.2) is 19.4 Å². The predicted octanol–water partition coefficient (Wildman–Crippen LogP) is 3.43. The Kier molecular flexibility index (Phi) is 3.78. The minimum Gasteiger partial charge on any atom is -0.660 e. The zero-order valence-corrected chi connectivity index (χ0v) is 12.7. The van der Waals surface area contributed by atoms with Crippen molar-refractivity contribution in [1.29, 1.82) is 0 Å². The summed E-state index contributed by atoms with van der Waals surface area (Å²) >= 11 is 0. The molecule has 5 heteroatoms. The van der Waals surface area contributed by atoms with Crippen molar-refractivity contribution >= 4 is 11.6 Å². The first kappa shape index (κ1) is 14.1. The monoisotopic (exact) mass is 294 g/mol. The van der Waals surface area contributed by atoms with E-state index in [0.29, 0.717) is 12.2 Å². The van der Waals surface area contributed by atoms with Crippen LogP contribution in [-0.2, 0) is 6.54 Å². The summed E-state index contributed by atoms with van der Waals surface area (Å²) in [5, 5.41) is 3.99. The largest absolute Gasteiger partial charge is 0.660 e. The third kappa shape index (κ3) is 2.79. The molecule has 2 aromatic carbocycles. The van der Waals surface area contributed by atoms with Gasteiger partial charge in [-0.2, -0.15) is 0 Å². The van der Waals surface area contributed by atoms with E-state index in [9.17, 15) is 0 Å². The van der Waals surface area contributed by atoms with Crippen LogP contribution >= 0.6 is 0 Å². The van der Waals surface area contributed by atoms with Gasteiger partial charge in [0.25, 0.3) is 5.69 Å². The topological polar surface area (TPSA) is 57.0 Å². The summed E-state index contributed by atoms with van der Waals surface area (Å²) in [4.78, 5) is 2.04. The maximum atomic E-state index is 7.97. The predicted molar refractivity (Wildman–Crippen MR) is 86.0 cm³/mol. The summed E-state index contributed by atoms with van der Waals surface area (Å²) in [7, 11) is 4.00. The molecule has 1 aromatic heterocycles. The van der Waals surface area contributed by atoms with Gasteiger partial charge in [0.2, 0.25) is 6.54 Å². The molecule has 0 spiro atoms. The molecule has 1 N–H and O–H groups in total. The average molecular weight is 294 g/mol. The zero-order valence-electron chi connectivity index (χ0n) is 12.7. The number of hydrogen-bond acceptors (Lipinski definition) is 3. The lowest BCUT2D eigenvalue weighted by Gasteiger charge is -2.12. The molecule has 3 aromatic rings. The van der Waals surface area contributed by atoms with E-state index in [1.54, 1.807) is 4.68 Å². The highest BCUT2D eigenvalue weighted by Crippen LogP contribution is 2.27. The SMILES string of the molecule is CN(C)c1ccc(-c2c([NH-])on[n+]2Cc2ccccc2)cc1. The summed E-state index contributed by atoms with van der Waals surface area (Å²) < 4.78 is 6.79. The van der Waals surface area contributed by atoms with Gasteiger partial charge in [-0.05, 0) is 28.9 Å². The first-order chi connectivity index (χ1) is 10.6. The summed E-state index contributed by atoms with van der Waals surface area (Å²) in [6.45, 7) is 0.577. The van der Waals surface area contributed by atoms with Crippen LogP contribution < -0.4 is 9.58 Å². The van der Waals surface area contributed by atoms with Crippen LogP contribution in [0.15, 0.2) is 59.1 Å². The lowest BCUT2D eigenvalue weighted by atomic mass is 10.1. The Morgan fingerprint density at radius 1 is 1.05 bits per heavy atom. The standard InChI is InChI=1S/C17H18N4O/c1-20(2)15-10-8-14(9-11-15)16-17(18)22-19-21(16)12-13-6-4-3-5-7-13/h3-11,18H,12H2,1-2H3. The van der Waals surface area contributed by atoms with E-state index < -0.39 is 0 Å². The van der Waals surface area contributed by atoms with Crippen molar-refractivity contribution in [2.24, 2.45) is 0 Å². The van der Waals surface area contributed by atoms with Crippen molar-refractivity contribution in [3.8, 4) is 11.3 Å². The Balaban J connectivity index is 1.95. The van der Waals surface area contributed by atoms with Crippen LogP contribution in [0.4, 0.5) is 11.6 Å². The van der Waals surface area contributed by atoms with Crippen LogP contribution in [0, 0.1) is 0 Å². The summed E-state index contributed by atoms with van der Waals surface area (Å²) in [6, 6.07) is 18.0. The average Bonchev–Trinajstić information content (AvgIpc) is 2.89. The molecule has 0 aliphatic carbocycles. The molecule has 112 valence electrons. The third-order valence-electron chi connectivity index (χ3n) is 3.54. The van der Waals surface area contributed by atoms with Crippen molar-refractivity contribution in [2.45, 2.75) is 6.54 Å². The van der Waals surface area contributed by atoms with Crippen LogP contribution in [0.5, 0.6) is 0 Å². The van der Waals surface area contributed by atoms with Gasteiger partial charge >= 0.3 is 0 Å². The summed E-state index contributed by atoms with van der Waals surface area (Å²) in [6.07, 6.45) is 0. The van der Waals surface area contributed by atoms with Crippen molar-refractivity contribution in [3.05, 3.63) is 65.9 Å². The summed E-state index contributed by atoms with van der Waals surface area (Å²) in [5.41, 5.74) is 11.8. The molecule has 0 unspecified atom stereocenters. The third-order valence-corrected chi connectivity index (χ3v) is 3.54. The molecule has 0 atom stereocenters. The van der Waals surface area contributed by atoms with Crippen LogP contribution in [0.2, 0.25) is 0 Å². The molecule has 0 amide bonds. The number of benzene rings is 2. The fraction of sp³-hybridized carbons (Fsp3) is 0.176. The molecule has 0 radical (unpaired) electrons. The van der Waals surface area contributed by atoms with E-state index in [2.05, 4.69) is 5.27 Å². The van der Waals surface area contributed by atoms with Crippen molar-refractivity contribution in [2.75, 3.05) is 19.0 Å². The van der Waals surface area contributed by atoms with Crippen molar-refractivity contribution < 1.29 is 9.20 Å². The van der Waals surface area contributed by atoms with Crippen molar-refractivity contribution in [3.63, 3.8) is 0 Å². The van der Waals surface area contributed by atoms with Crippen LogP contribution in [0.1, 0.15) is 5.56 Å². The minimum absolute atomic E-state index is 0.0773.